The fraction of sp³-hybridized carbons (Fsp3) is 0.923. The number of aliphatic hydroxyl groups is 1. The van der Waals surface area contributed by atoms with Crippen molar-refractivity contribution in [2.45, 2.75) is 271 Å². The molecule has 0 aromatic rings. The van der Waals surface area contributed by atoms with E-state index in [9.17, 15) is 43.2 Å². The number of rotatable bonds is 53. The van der Waals surface area contributed by atoms with E-state index in [1.807, 2.05) is 0 Å². The van der Waals surface area contributed by atoms with Crippen LogP contribution in [0.25, 0.3) is 0 Å². The van der Waals surface area contributed by atoms with Gasteiger partial charge < -0.3 is 33.8 Å². The molecule has 17 nitrogen and oxygen atoms in total. The summed E-state index contributed by atoms with van der Waals surface area (Å²) in [4.78, 5) is 71.1. The van der Waals surface area contributed by atoms with E-state index >= 15 is 0 Å². The first-order chi connectivity index (χ1) is 34.2. The minimum atomic E-state index is -4.93. The normalized spacial score (nSPS) is 14.5. The summed E-state index contributed by atoms with van der Waals surface area (Å²) in [5, 5.41) is 10.4. The summed E-state index contributed by atoms with van der Waals surface area (Å²) in [5.41, 5.74) is 0. The maximum atomic E-state index is 12.8. The third-order valence-electron chi connectivity index (χ3n) is 11.9. The largest absolute Gasteiger partial charge is 0.472 e. The molecule has 0 radical (unpaired) electrons. The zero-order valence-electron chi connectivity index (χ0n) is 44.7. The number of aliphatic hydroxyl groups excluding tert-OH is 1. The minimum absolute atomic E-state index is 0.0989. The van der Waals surface area contributed by atoms with Gasteiger partial charge in [-0.2, -0.15) is 0 Å². The van der Waals surface area contributed by atoms with E-state index in [0.29, 0.717) is 25.7 Å². The molecule has 0 rings (SSSR count). The van der Waals surface area contributed by atoms with Crippen molar-refractivity contribution in [3.63, 3.8) is 0 Å². The van der Waals surface area contributed by atoms with E-state index in [1.165, 1.54) is 77.0 Å². The zero-order valence-corrected chi connectivity index (χ0v) is 46.5. The second-order valence-electron chi connectivity index (χ2n) is 18.9. The topological polar surface area (TPSA) is 237 Å². The molecular formula is C52H100O17P2. The first kappa shape index (κ1) is 69.1. The lowest BCUT2D eigenvalue weighted by molar-refractivity contribution is -0.161. The van der Waals surface area contributed by atoms with Crippen molar-refractivity contribution in [1.82, 2.24) is 0 Å². The van der Waals surface area contributed by atoms with Gasteiger partial charge in [0.1, 0.15) is 19.3 Å². The van der Waals surface area contributed by atoms with Crippen molar-refractivity contribution >= 4 is 39.5 Å². The molecule has 0 aliphatic rings. The minimum Gasteiger partial charge on any atom is -0.462 e. The van der Waals surface area contributed by atoms with Gasteiger partial charge in [-0.05, 0) is 25.7 Å². The molecule has 5 atom stereocenters. The lowest BCUT2D eigenvalue weighted by atomic mass is 10.0. The van der Waals surface area contributed by atoms with E-state index in [-0.39, 0.29) is 25.7 Å². The lowest BCUT2D eigenvalue weighted by Crippen LogP contribution is -2.30. The van der Waals surface area contributed by atoms with Gasteiger partial charge in [0.15, 0.2) is 12.2 Å². The van der Waals surface area contributed by atoms with Crippen LogP contribution in [0.3, 0.4) is 0 Å². The predicted octanol–water partition coefficient (Wildman–Crippen LogP) is 13.3. The van der Waals surface area contributed by atoms with Crippen LogP contribution in [0.5, 0.6) is 0 Å². The molecule has 0 bridgehead atoms. The number of unbranched alkanes of at least 4 members (excludes halogenated alkanes) is 27. The highest BCUT2D eigenvalue weighted by atomic mass is 31.2. The molecule has 0 amide bonds. The average Bonchev–Trinajstić information content (AvgIpc) is 3.34. The van der Waals surface area contributed by atoms with Crippen LogP contribution < -0.4 is 0 Å². The van der Waals surface area contributed by atoms with Gasteiger partial charge in [-0.1, -0.05) is 201 Å². The van der Waals surface area contributed by atoms with Crippen molar-refractivity contribution in [2.24, 2.45) is 0 Å². The van der Waals surface area contributed by atoms with Gasteiger partial charge in [-0.15, -0.1) is 0 Å². The summed E-state index contributed by atoms with van der Waals surface area (Å²) in [6.07, 6.45) is 28.7. The molecule has 0 saturated carbocycles. The standard InChI is InChI=1S/C52H100O17P2/c1-5-9-13-17-19-21-22-23-25-27-31-35-39-52(57)69-48(43-63-50(55)37-33-30-26-24-20-18-14-10-6-2)45-67-71(60,61)65-41-46(53)40-64-70(58,59)66-44-47(68-51(56)38-34-29-16-12-8-4)42-62-49(54)36-32-28-15-11-7-3/h46-48,53H,5-45H2,1-4H3,(H,58,59)(H,60,61)/t46-,47+,48+/m0/s1. The zero-order chi connectivity index (χ0) is 52.7. The summed E-state index contributed by atoms with van der Waals surface area (Å²) in [6.45, 7) is 4.60. The Morgan fingerprint density at radius 1 is 0.338 bits per heavy atom. The number of carbonyl (C=O) groups excluding carboxylic acids is 4. The van der Waals surface area contributed by atoms with Gasteiger partial charge in [-0.3, -0.25) is 37.3 Å². The molecule has 0 heterocycles. The molecule has 71 heavy (non-hydrogen) atoms. The maximum absolute atomic E-state index is 12.8. The second kappa shape index (κ2) is 47.8. The third kappa shape index (κ3) is 47.5. The summed E-state index contributed by atoms with van der Waals surface area (Å²) < 4.78 is 67.0. The molecule has 0 aromatic carbocycles. The van der Waals surface area contributed by atoms with Crippen molar-refractivity contribution in [2.75, 3.05) is 39.6 Å². The van der Waals surface area contributed by atoms with Crippen LogP contribution in [0.1, 0.15) is 252 Å². The highest BCUT2D eigenvalue weighted by Gasteiger charge is 2.30. The van der Waals surface area contributed by atoms with Crippen molar-refractivity contribution in [1.29, 1.82) is 0 Å². The maximum Gasteiger partial charge on any atom is 0.472 e. The van der Waals surface area contributed by atoms with Gasteiger partial charge in [0.05, 0.1) is 26.4 Å². The second-order valence-corrected chi connectivity index (χ2v) is 21.8. The van der Waals surface area contributed by atoms with Crippen molar-refractivity contribution < 1.29 is 80.2 Å². The number of hydrogen-bond donors (Lipinski definition) is 3. The van der Waals surface area contributed by atoms with E-state index < -0.39 is 97.5 Å². The summed E-state index contributed by atoms with van der Waals surface area (Å²) in [6, 6.07) is 0. The molecule has 0 saturated heterocycles. The van der Waals surface area contributed by atoms with Crippen LogP contribution in [-0.2, 0) is 65.4 Å². The number of esters is 4. The summed E-state index contributed by atoms with van der Waals surface area (Å²) in [5.74, 6) is -2.17. The molecule has 0 aliphatic carbocycles. The molecule has 19 heteroatoms. The monoisotopic (exact) mass is 1060 g/mol. The van der Waals surface area contributed by atoms with E-state index in [2.05, 4.69) is 27.7 Å². The van der Waals surface area contributed by atoms with Crippen LogP contribution >= 0.6 is 15.6 Å². The van der Waals surface area contributed by atoms with Gasteiger partial charge >= 0.3 is 39.5 Å². The fourth-order valence-electron chi connectivity index (χ4n) is 7.51. The Labute approximate surface area is 428 Å². The highest BCUT2D eigenvalue weighted by Crippen LogP contribution is 2.45. The molecule has 0 spiro atoms. The van der Waals surface area contributed by atoms with Crippen molar-refractivity contribution in [3.05, 3.63) is 0 Å². The van der Waals surface area contributed by atoms with Crippen LogP contribution in [0.4, 0.5) is 0 Å². The molecule has 0 aromatic heterocycles. The number of hydrogen-bond acceptors (Lipinski definition) is 15. The first-order valence-electron chi connectivity index (χ1n) is 27.8. The first-order valence-corrected chi connectivity index (χ1v) is 30.8. The average molecular weight is 1060 g/mol. The Hall–Kier alpha value is -1.94. The van der Waals surface area contributed by atoms with Gasteiger partial charge in [0.2, 0.25) is 0 Å². The fourth-order valence-corrected chi connectivity index (χ4v) is 9.09. The SMILES string of the molecule is CCCCCCCCCCCCCCC(=O)O[C@H](COC(=O)CCCCCCCCCCC)COP(=O)(O)OC[C@@H](O)COP(=O)(O)OC[C@@H](COC(=O)CCCCCCC)OC(=O)CCCCCCC. The number of phosphoric acid groups is 2. The molecule has 2 unspecified atom stereocenters. The Bertz CT molecular complexity index is 1400. The number of ether oxygens (including phenoxy) is 4. The third-order valence-corrected chi connectivity index (χ3v) is 13.8. The van der Waals surface area contributed by atoms with Gasteiger partial charge in [0, 0.05) is 25.7 Å². The van der Waals surface area contributed by atoms with Gasteiger partial charge in [-0.25, -0.2) is 9.13 Å². The molecule has 420 valence electrons. The summed E-state index contributed by atoms with van der Waals surface area (Å²) in [7, 11) is -9.84. The predicted molar refractivity (Wildman–Crippen MR) is 275 cm³/mol. The Balaban J connectivity index is 5.14. The van der Waals surface area contributed by atoms with E-state index in [1.54, 1.807) is 0 Å². The van der Waals surface area contributed by atoms with E-state index in [0.717, 1.165) is 96.3 Å². The van der Waals surface area contributed by atoms with Crippen molar-refractivity contribution in [3.8, 4) is 0 Å². The molecule has 3 N–H and O–H groups in total. The highest BCUT2D eigenvalue weighted by molar-refractivity contribution is 7.47. The quantitative estimate of drug-likeness (QED) is 0.0222. The molecule has 0 fully saturated rings. The van der Waals surface area contributed by atoms with Crippen LogP contribution in [0.15, 0.2) is 0 Å². The van der Waals surface area contributed by atoms with E-state index in [4.69, 9.17) is 37.0 Å². The van der Waals surface area contributed by atoms with Crippen LogP contribution in [0.2, 0.25) is 0 Å². The van der Waals surface area contributed by atoms with Crippen LogP contribution in [0, 0.1) is 0 Å². The number of carbonyl (C=O) groups is 4. The number of phosphoric ester groups is 2. The summed E-state index contributed by atoms with van der Waals surface area (Å²) >= 11 is 0. The van der Waals surface area contributed by atoms with Crippen LogP contribution in [-0.4, -0.2) is 96.7 Å². The lowest BCUT2D eigenvalue weighted by Gasteiger charge is -2.21. The smallest absolute Gasteiger partial charge is 0.462 e. The Morgan fingerprint density at radius 2 is 0.563 bits per heavy atom. The molecule has 0 aliphatic heterocycles. The molecular weight excluding hydrogens is 959 g/mol. The Kier molecular flexibility index (Phi) is 46.4. The Morgan fingerprint density at radius 3 is 0.831 bits per heavy atom. The van der Waals surface area contributed by atoms with Gasteiger partial charge in [0.25, 0.3) is 0 Å².